The van der Waals surface area contributed by atoms with Gasteiger partial charge >= 0.3 is 0 Å². The van der Waals surface area contributed by atoms with Crippen LogP contribution in [0.15, 0.2) is 32.5 Å². The van der Waals surface area contributed by atoms with Crippen LogP contribution in [0.2, 0.25) is 5.02 Å². The van der Waals surface area contributed by atoms with Crippen LogP contribution in [0.25, 0.3) is 0 Å². The molecule has 1 atom stereocenters. The van der Waals surface area contributed by atoms with Crippen LogP contribution in [0.4, 0.5) is 0 Å². The zero-order valence-corrected chi connectivity index (χ0v) is 13.6. The van der Waals surface area contributed by atoms with E-state index in [4.69, 9.17) is 11.6 Å². The molecule has 2 rings (SSSR count). The van der Waals surface area contributed by atoms with E-state index in [1.807, 2.05) is 31.2 Å². The molecular weight excluding hydrogens is 387 g/mol. The van der Waals surface area contributed by atoms with E-state index in [1.54, 1.807) is 0 Å². The fourth-order valence-corrected chi connectivity index (χ4v) is 3.85. The molecule has 0 saturated heterocycles. The maximum Gasteiger partial charge on any atom is 0.114 e. The van der Waals surface area contributed by atoms with Crippen molar-refractivity contribution in [2.45, 2.75) is 13.0 Å². The lowest BCUT2D eigenvalue weighted by molar-refractivity contribution is 0.223. The van der Waals surface area contributed by atoms with E-state index in [-0.39, 0.29) is 0 Å². The summed E-state index contributed by atoms with van der Waals surface area (Å²) < 4.78 is 1.93. The third-order valence-electron chi connectivity index (χ3n) is 2.54. The van der Waals surface area contributed by atoms with Crippen molar-refractivity contribution in [1.82, 2.24) is 0 Å². The predicted molar refractivity (Wildman–Crippen MR) is 80.0 cm³/mol. The van der Waals surface area contributed by atoms with E-state index in [0.29, 0.717) is 5.02 Å². The van der Waals surface area contributed by atoms with Gasteiger partial charge in [0.2, 0.25) is 0 Å². The van der Waals surface area contributed by atoms with Crippen molar-refractivity contribution in [3.63, 3.8) is 0 Å². The van der Waals surface area contributed by atoms with Crippen molar-refractivity contribution >= 4 is 54.8 Å². The minimum Gasteiger partial charge on any atom is -0.383 e. The SMILES string of the molecule is Cc1c(Cl)cccc1C(O)c1cc(Br)c(Br)s1. The smallest absolute Gasteiger partial charge is 0.114 e. The van der Waals surface area contributed by atoms with Gasteiger partial charge in [0.05, 0.1) is 3.79 Å². The van der Waals surface area contributed by atoms with Crippen LogP contribution in [0.3, 0.4) is 0 Å². The minimum atomic E-state index is -0.638. The highest BCUT2D eigenvalue weighted by atomic mass is 79.9. The Hall–Kier alpha value is 0.130. The van der Waals surface area contributed by atoms with Gasteiger partial charge in [0.1, 0.15) is 6.10 Å². The van der Waals surface area contributed by atoms with Gasteiger partial charge in [-0.2, -0.15) is 0 Å². The van der Waals surface area contributed by atoms with E-state index in [2.05, 4.69) is 31.9 Å². The predicted octanol–water partition coefficient (Wildman–Crippen LogP) is 5.32. The Morgan fingerprint density at radius 3 is 2.65 bits per heavy atom. The largest absolute Gasteiger partial charge is 0.383 e. The maximum atomic E-state index is 10.3. The minimum absolute atomic E-state index is 0.638. The summed E-state index contributed by atoms with van der Waals surface area (Å²) in [5.74, 6) is 0. The van der Waals surface area contributed by atoms with Crippen molar-refractivity contribution in [3.8, 4) is 0 Å². The number of aliphatic hydroxyl groups excluding tert-OH is 1. The van der Waals surface area contributed by atoms with Gasteiger partial charge in [-0.05, 0) is 62.0 Å². The van der Waals surface area contributed by atoms with Crippen LogP contribution < -0.4 is 0 Å². The van der Waals surface area contributed by atoms with Gasteiger partial charge in [-0.3, -0.25) is 0 Å². The summed E-state index contributed by atoms with van der Waals surface area (Å²) in [7, 11) is 0. The Kier molecular flexibility index (Phi) is 4.31. The Labute approximate surface area is 126 Å². The Morgan fingerprint density at radius 1 is 1.35 bits per heavy atom. The molecule has 17 heavy (non-hydrogen) atoms. The molecule has 1 N–H and O–H groups in total. The van der Waals surface area contributed by atoms with E-state index >= 15 is 0 Å². The van der Waals surface area contributed by atoms with Crippen molar-refractivity contribution in [2.75, 3.05) is 0 Å². The molecule has 0 aliphatic carbocycles. The summed E-state index contributed by atoms with van der Waals surface area (Å²) in [6.07, 6.45) is -0.638. The quantitative estimate of drug-likeness (QED) is 0.729. The summed E-state index contributed by atoms with van der Waals surface area (Å²) in [5, 5.41) is 11.0. The first-order chi connectivity index (χ1) is 8.00. The maximum absolute atomic E-state index is 10.3. The van der Waals surface area contributed by atoms with Gasteiger partial charge in [0, 0.05) is 14.4 Å². The van der Waals surface area contributed by atoms with Gasteiger partial charge in [-0.15, -0.1) is 11.3 Å². The zero-order chi connectivity index (χ0) is 12.6. The Morgan fingerprint density at radius 2 is 2.06 bits per heavy atom. The van der Waals surface area contributed by atoms with E-state index in [0.717, 1.165) is 24.3 Å². The molecular formula is C12H9Br2ClOS. The highest BCUT2D eigenvalue weighted by molar-refractivity contribution is 9.13. The summed E-state index contributed by atoms with van der Waals surface area (Å²) in [4.78, 5) is 0.883. The first-order valence-electron chi connectivity index (χ1n) is 4.88. The molecule has 0 saturated carbocycles. The Balaban J connectivity index is 2.43. The lowest BCUT2D eigenvalue weighted by Crippen LogP contribution is -2.00. The fourth-order valence-electron chi connectivity index (χ4n) is 1.57. The number of hydrogen-bond acceptors (Lipinski definition) is 2. The molecule has 0 aliphatic rings. The van der Waals surface area contributed by atoms with E-state index in [9.17, 15) is 5.11 Å². The number of benzene rings is 1. The highest BCUT2D eigenvalue weighted by Crippen LogP contribution is 2.38. The molecule has 2 aromatic rings. The van der Waals surface area contributed by atoms with Crippen LogP contribution in [0, 0.1) is 6.92 Å². The first kappa shape index (κ1) is 13.6. The fraction of sp³-hybridized carbons (Fsp3) is 0.167. The van der Waals surface area contributed by atoms with E-state index in [1.165, 1.54) is 11.3 Å². The number of hydrogen-bond donors (Lipinski definition) is 1. The molecule has 1 aromatic heterocycles. The van der Waals surface area contributed by atoms with Crippen LogP contribution in [0.1, 0.15) is 22.1 Å². The standard InChI is InChI=1S/C12H9Br2ClOS/c1-6-7(3-2-4-9(6)15)11(16)10-5-8(13)12(14)17-10/h2-5,11,16H,1H3. The van der Waals surface area contributed by atoms with Gasteiger partial charge in [-0.25, -0.2) is 0 Å². The average Bonchev–Trinajstić information content (AvgIpc) is 2.62. The molecule has 0 fully saturated rings. The molecule has 1 aromatic carbocycles. The normalized spacial score (nSPS) is 12.8. The van der Waals surface area contributed by atoms with Crippen LogP contribution in [-0.4, -0.2) is 5.11 Å². The second-order valence-corrected chi connectivity index (χ2v) is 7.29. The third kappa shape index (κ3) is 2.76. The molecule has 1 heterocycles. The van der Waals surface area contributed by atoms with Crippen molar-refractivity contribution in [3.05, 3.63) is 53.6 Å². The molecule has 1 unspecified atom stereocenters. The zero-order valence-electron chi connectivity index (χ0n) is 8.88. The second-order valence-electron chi connectivity index (χ2n) is 3.63. The van der Waals surface area contributed by atoms with E-state index < -0.39 is 6.10 Å². The van der Waals surface area contributed by atoms with Gasteiger partial charge < -0.3 is 5.11 Å². The first-order valence-corrected chi connectivity index (χ1v) is 7.66. The number of halogens is 3. The molecule has 0 bridgehead atoms. The van der Waals surface area contributed by atoms with Crippen molar-refractivity contribution in [1.29, 1.82) is 0 Å². The molecule has 90 valence electrons. The number of thiophene rings is 1. The Bertz CT molecular complexity index is 534. The van der Waals surface area contributed by atoms with Crippen LogP contribution >= 0.6 is 54.8 Å². The van der Waals surface area contributed by atoms with Crippen molar-refractivity contribution < 1.29 is 5.11 Å². The molecule has 0 aliphatic heterocycles. The number of aliphatic hydroxyl groups is 1. The van der Waals surface area contributed by atoms with Gasteiger partial charge in [0.25, 0.3) is 0 Å². The lowest BCUT2D eigenvalue weighted by Gasteiger charge is -2.12. The average molecular weight is 397 g/mol. The summed E-state index contributed by atoms with van der Waals surface area (Å²) in [6, 6.07) is 7.49. The summed E-state index contributed by atoms with van der Waals surface area (Å²) in [6.45, 7) is 1.92. The summed E-state index contributed by atoms with van der Waals surface area (Å²) >= 11 is 14.4. The van der Waals surface area contributed by atoms with Gasteiger partial charge in [0.15, 0.2) is 0 Å². The molecule has 0 amide bonds. The van der Waals surface area contributed by atoms with Gasteiger partial charge in [-0.1, -0.05) is 23.7 Å². The molecule has 0 spiro atoms. The monoisotopic (exact) mass is 394 g/mol. The van der Waals surface area contributed by atoms with Crippen molar-refractivity contribution in [2.24, 2.45) is 0 Å². The molecule has 5 heteroatoms. The topological polar surface area (TPSA) is 20.2 Å². The lowest BCUT2D eigenvalue weighted by atomic mass is 10.0. The molecule has 0 radical (unpaired) electrons. The van der Waals surface area contributed by atoms with Crippen LogP contribution in [0.5, 0.6) is 0 Å². The summed E-state index contributed by atoms with van der Waals surface area (Å²) in [5.41, 5.74) is 1.76. The highest BCUT2D eigenvalue weighted by Gasteiger charge is 2.17. The van der Waals surface area contributed by atoms with Crippen LogP contribution in [-0.2, 0) is 0 Å². The third-order valence-corrected chi connectivity index (χ3v) is 6.26. The number of rotatable bonds is 2. The second kappa shape index (κ2) is 5.41. The molecule has 1 nitrogen and oxygen atoms in total.